The molecule has 0 bridgehead atoms. The topological polar surface area (TPSA) is 116 Å². The average molecular weight is 475 g/mol. The van der Waals surface area contributed by atoms with E-state index in [-0.39, 0.29) is 17.0 Å². The molecule has 34 heavy (non-hydrogen) atoms. The molecule has 0 saturated carbocycles. The van der Waals surface area contributed by atoms with Crippen molar-refractivity contribution in [2.75, 3.05) is 5.75 Å². The molecule has 1 aromatic heterocycles. The van der Waals surface area contributed by atoms with Gasteiger partial charge in [-0.1, -0.05) is 66.7 Å². The van der Waals surface area contributed by atoms with Crippen LogP contribution in [0.25, 0.3) is 6.08 Å². The molecule has 0 radical (unpaired) electrons. The zero-order chi connectivity index (χ0) is 23.7. The Morgan fingerprint density at radius 1 is 1.12 bits per heavy atom. The minimum Gasteiger partial charge on any atom is -0.448 e. The molecule has 1 amide bonds. The number of hydrogen-bond donors (Lipinski definition) is 1. The Labute approximate surface area is 200 Å². The molecule has 1 saturated heterocycles. The summed E-state index contributed by atoms with van der Waals surface area (Å²) in [7, 11) is 1.72. The predicted octanol–water partition coefficient (Wildman–Crippen LogP) is 2.05. The van der Waals surface area contributed by atoms with Crippen molar-refractivity contribution in [2.24, 2.45) is 12.8 Å². The number of esters is 1. The number of nitrogens with two attached hydrogens (primary N) is 1. The number of benzene rings is 2. The summed E-state index contributed by atoms with van der Waals surface area (Å²) in [6.45, 7) is 0. The van der Waals surface area contributed by atoms with Gasteiger partial charge in [-0.15, -0.1) is 16.9 Å². The van der Waals surface area contributed by atoms with Crippen molar-refractivity contribution < 1.29 is 14.3 Å². The van der Waals surface area contributed by atoms with E-state index in [9.17, 15) is 9.59 Å². The number of β-lactam (4-membered cyclic amide) rings is 1. The van der Waals surface area contributed by atoms with E-state index in [0.717, 1.165) is 11.1 Å². The Bertz CT molecular complexity index is 1230. The minimum atomic E-state index is -0.639. The Morgan fingerprint density at radius 3 is 2.35 bits per heavy atom. The molecule has 9 nitrogen and oxygen atoms in total. The van der Waals surface area contributed by atoms with Crippen LogP contribution in [-0.4, -0.2) is 54.2 Å². The zero-order valence-corrected chi connectivity index (χ0v) is 19.1. The molecule has 2 aliphatic heterocycles. The summed E-state index contributed by atoms with van der Waals surface area (Å²) < 4.78 is 7.58. The molecule has 1 unspecified atom stereocenters. The van der Waals surface area contributed by atoms with E-state index in [2.05, 4.69) is 15.5 Å². The number of thioether (sulfide) groups is 1. The number of nitrogens with zero attached hydrogens (tertiary/aromatic N) is 5. The fourth-order valence-electron chi connectivity index (χ4n) is 3.96. The van der Waals surface area contributed by atoms with Gasteiger partial charge in [0.25, 0.3) is 0 Å². The van der Waals surface area contributed by atoms with Gasteiger partial charge >= 0.3 is 5.97 Å². The highest BCUT2D eigenvalue weighted by Crippen LogP contribution is 2.41. The lowest BCUT2D eigenvalue weighted by molar-refractivity contribution is -0.153. The molecule has 1 fully saturated rings. The second kappa shape index (κ2) is 9.24. The van der Waals surface area contributed by atoms with Gasteiger partial charge in [0.1, 0.15) is 17.1 Å². The maximum absolute atomic E-state index is 13.6. The third kappa shape index (κ3) is 4.02. The monoisotopic (exact) mass is 474 g/mol. The van der Waals surface area contributed by atoms with Crippen molar-refractivity contribution in [2.45, 2.75) is 17.5 Å². The van der Waals surface area contributed by atoms with Crippen molar-refractivity contribution >= 4 is 29.7 Å². The third-order valence-electron chi connectivity index (χ3n) is 5.75. The summed E-state index contributed by atoms with van der Waals surface area (Å²) in [5, 5.41) is 11.1. The molecule has 2 atom stereocenters. The third-order valence-corrected chi connectivity index (χ3v) is 7.07. The number of allylic oxidation sites excluding steroid dienone is 1. The van der Waals surface area contributed by atoms with Crippen LogP contribution in [0.1, 0.15) is 23.1 Å². The summed E-state index contributed by atoms with van der Waals surface area (Å²) in [6.07, 6.45) is 2.83. The number of tetrazole rings is 1. The van der Waals surface area contributed by atoms with Gasteiger partial charge in [0.05, 0.1) is 0 Å². The largest absolute Gasteiger partial charge is 0.448 e. The highest BCUT2D eigenvalue weighted by molar-refractivity contribution is 8.00. The van der Waals surface area contributed by atoms with Crippen molar-refractivity contribution in [3.05, 3.63) is 95.0 Å². The molecular formula is C24H22N6O3S. The number of carbonyl (C=O) groups is 2. The summed E-state index contributed by atoms with van der Waals surface area (Å²) >= 11 is 1.51. The van der Waals surface area contributed by atoms with Crippen LogP contribution in [0.3, 0.4) is 0 Å². The van der Waals surface area contributed by atoms with Crippen LogP contribution in [-0.2, 0) is 21.4 Å². The highest BCUT2D eigenvalue weighted by atomic mass is 32.2. The minimum absolute atomic E-state index is 0.207. The Hall–Kier alpha value is -3.76. The maximum atomic E-state index is 13.6. The number of rotatable bonds is 6. The molecule has 2 N–H and O–H groups in total. The maximum Gasteiger partial charge on any atom is 0.356 e. The van der Waals surface area contributed by atoms with Crippen LogP contribution in [0, 0.1) is 0 Å². The zero-order valence-electron chi connectivity index (χ0n) is 18.3. The van der Waals surface area contributed by atoms with Crippen molar-refractivity contribution in [3.8, 4) is 0 Å². The van der Waals surface area contributed by atoms with Crippen molar-refractivity contribution in [1.82, 2.24) is 25.1 Å². The lowest BCUT2D eigenvalue weighted by atomic mass is 10.0. The van der Waals surface area contributed by atoms with E-state index < -0.39 is 18.1 Å². The van der Waals surface area contributed by atoms with Gasteiger partial charge in [0.15, 0.2) is 11.9 Å². The summed E-state index contributed by atoms with van der Waals surface area (Å²) in [4.78, 5) is 27.7. The molecule has 0 spiro atoms. The van der Waals surface area contributed by atoms with Gasteiger partial charge in [-0.25, -0.2) is 9.48 Å². The number of carbonyl (C=O) groups excluding carboxylic acids is 2. The fraction of sp³-hybridized carbons (Fsp3) is 0.208. The molecule has 3 aromatic rings. The van der Waals surface area contributed by atoms with Gasteiger partial charge in [0, 0.05) is 12.8 Å². The standard InChI is InChI=1S/C24H22N6O3S/c1-29-18(26-27-28-29)13-12-17-14-34-23-19(25)22(31)30(23)20(17)24(32)33-21(15-8-4-2-5-9-15)16-10-6-3-7-11-16/h2-13,19,21,23H,14,25H2,1H3/t19?,23-/m1/s1. The predicted molar refractivity (Wildman–Crippen MR) is 127 cm³/mol. The molecule has 10 heteroatoms. The Kier molecular flexibility index (Phi) is 5.99. The number of amides is 1. The van der Waals surface area contributed by atoms with E-state index in [0.29, 0.717) is 17.2 Å². The molecule has 0 aliphatic carbocycles. The number of hydrogen-bond acceptors (Lipinski definition) is 8. The average Bonchev–Trinajstić information content (AvgIpc) is 3.30. The Morgan fingerprint density at radius 2 is 1.76 bits per heavy atom. The van der Waals surface area contributed by atoms with Crippen LogP contribution >= 0.6 is 11.8 Å². The number of ether oxygens (including phenoxy) is 1. The Balaban J connectivity index is 1.52. The van der Waals surface area contributed by atoms with E-state index in [4.69, 9.17) is 10.5 Å². The van der Waals surface area contributed by atoms with E-state index >= 15 is 0 Å². The molecule has 172 valence electrons. The van der Waals surface area contributed by atoms with Gasteiger partial charge < -0.3 is 10.5 Å². The van der Waals surface area contributed by atoms with Gasteiger partial charge in [-0.2, -0.15) is 0 Å². The van der Waals surface area contributed by atoms with Crippen LogP contribution < -0.4 is 5.73 Å². The van der Waals surface area contributed by atoms with Crippen molar-refractivity contribution in [3.63, 3.8) is 0 Å². The number of aromatic nitrogens is 4. The first-order chi connectivity index (χ1) is 16.5. The molecule has 5 rings (SSSR count). The second-order valence-electron chi connectivity index (χ2n) is 7.91. The van der Waals surface area contributed by atoms with Crippen LogP contribution in [0.15, 0.2) is 78.0 Å². The van der Waals surface area contributed by atoms with Crippen LogP contribution in [0.5, 0.6) is 0 Å². The first kappa shape index (κ1) is 22.1. The fourth-order valence-corrected chi connectivity index (χ4v) is 5.22. The summed E-state index contributed by atoms with van der Waals surface area (Å²) in [5.41, 5.74) is 8.52. The summed E-state index contributed by atoms with van der Waals surface area (Å²) in [6, 6.07) is 18.4. The first-order valence-electron chi connectivity index (χ1n) is 10.7. The van der Waals surface area contributed by atoms with Crippen molar-refractivity contribution in [1.29, 1.82) is 0 Å². The first-order valence-corrected chi connectivity index (χ1v) is 11.7. The van der Waals surface area contributed by atoms with Crippen LogP contribution in [0.4, 0.5) is 0 Å². The van der Waals surface area contributed by atoms with Gasteiger partial charge in [0.2, 0.25) is 5.91 Å². The second-order valence-corrected chi connectivity index (χ2v) is 9.02. The van der Waals surface area contributed by atoms with E-state index in [1.165, 1.54) is 21.3 Å². The van der Waals surface area contributed by atoms with E-state index in [1.54, 1.807) is 19.2 Å². The molecule has 2 aliphatic rings. The van der Waals surface area contributed by atoms with Gasteiger partial charge in [-0.3, -0.25) is 9.69 Å². The highest BCUT2D eigenvalue weighted by Gasteiger charge is 2.52. The number of aryl methyl sites for hydroxylation is 1. The van der Waals surface area contributed by atoms with Crippen LogP contribution in [0.2, 0.25) is 0 Å². The summed E-state index contributed by atoms with van der Waals surface area (Å²) in [5.74, 6) is 0.131. The lowest BCUT2D eigenvalue weighted by Crippen LogP contribution is -2.68. The van der Waals surface area contributed by atoms with E-state index in [1.807, 2.05) is 60.7 Å². The molecular weight excluding hydrogens is 452 g/mol. The smallest absolute Gasteiger partial charge is 0.356 e. The normalized spacial score (nSPS) is 20.0. The SMILES string of the molecule is Cn1nnnc1C=CC1=C(C(=O)OC(c2ccccc2)c2ccccc2)N2C(=O)C(N)[C@H]2SC1. The lowest BCUT2D eigenvalue weighted by Gasteiger charge is -2.48. The quantitative estimate of drug-likeness (QED) is 0.426. The molecule has 3 heterocycles. The molecule has 2 aromatic carbocycles. The van der Waals surface area contributed by atoms with Gasteiger partial charge in [-0.05, 0) is 33.2 Å². The number of fused-ring (bicyclic) bond motifs is 1.